The number of methoxy groups -OCH3 is 1. The van der Waals surface area contributed by atoms with Crippen molar-refractivity contribution in [2.24, 2.45) is 11.3 Å². The summed E-state index contributed by atoms with van der Waals surface area (Å²) < 4.78 is 4.60. The minimum absolute atomic E-state index is 0.0697. The highest BCUT2D eigenvalue weighted by Crippen LogP contribution is 2.54. The van der Waals surface area contributed by atoms with Crippen LogP contribution in [0.3, 0.4) is 0 Å². The Labute approximate surface area is 99.8 Å². The first-order valence-corrected chi connectivity index (χ1v) is 6.63. The molecule has 1 atom stereocenters. The molecule has 0 heterocycles. The zero-order valence-corrected chi connectivity index (χ0v) is 11.1. The molecule has 0 aromatic rings. The zero-order valence-electron chi connectivity index (χ0n) is 11.1. The van der Waals surface area contributed by atoms with E-state index in [1.165, 1.54) is 45.6 Å². The largest absolute Gasteiger partial charge is 0.469 e. The van der Waals surface area contributed by atoms with E-state index in [0.29, 0.717) is 11.8 Å². The number of unbranched alkanes of at least 4 members (excludes halogenated alkanes) is 4. The van der Waals surface area contributed by atoms with Crippen LogP contribution in [0.2, 0.25) is 0 Å². The van der Waals surface area contributed by atoms with E-state index in [-0.39, 0.29) is 5.97 Å². The van der Waals surface area contributed by atoms with E-state index < -0.39 is 0 Å². The van der Waals surface area contributed by atoms with Crippen molar-refractivity contribution < 1.29 is 9.53 Å². The smallest absolute Gasteiger partial charge is 0.305 e. The molecule has 94 valence electrons. The summed E-state index contributed by atoms with van der Waals surface area (Å²) in [7, 11) is 1.46. The third kappa shape index (κ3) is 5.00. The lowest BCUT2D eigenvalue weighted by Crippen LogP contribution is -1.99. The summed E-state index contributed by atoms with van der Waals surface area (Å²) in [5.41, 5.74) is 0.644. The first-order chi connectivity index (χ1) is 7.56. The number of carbonyl (C=O) groups is 1. The van der Waals surface area contributed by atoms with Gasteiger partial charge < -0.3 is 4.74 Å². The topological polar surface area (TPSA) is 26.3 Å². The zero-order chi connectivity index (χ0) is 12.0. The van der Waals surface area contributed by atoms with Gasteiger partial charge in [-0.25, -0.2) is 0 Å². The normalized spacial score (nSPS) is 21.8. The number of hydrogen-bond acceptors (Lipinski definition) is 2. The molecule has 1 fully saturated rings. The summed E-state index contributed by atoms with van der Waals surface area (Å²) in [6, 6.07) is 0. The van der Waals surface area contributed by atoms with E-state index in [2.05, 4.69) is 18.6 Å². The standard InChI is InChI=1S/C14H26O2/c1-14(2)11-12(14)9-7-5-4-6-8-10-13(15)16-3/h12H,4-11H2,1-3H3. The summed E-state index contributed by atoms with van der Waals surface area (Å²) in [5.74, 6) is 0.919. The SMILES string of the molecule is COC(=O)CCCCCCCC1CC1(C)C. The summed E-state index contributed by atoms with van der Waals surface area (Å²) >= 11 is 0. The quantitative estimate of drug-likeness (QED) is 0.463. The maximum Gasteiger partial charge on any atom is 0.305 e. The lowest BCUT2D eigenvalue weighted by Gasteiger charge is -2.03. The summed E-state index contributed by atoms with van der Waals surface area (Å²) in [6.45, 7) is 4.74. The number of hydrogen-bond donors (Lipinski definition) is 0. The van der Waals surface area contributed by atoms with Crippen LogP contribution in [-0.4, -0.2) is 13.1 Å². The first kappa shape index (κ1) is 13.5. The van der Waals surface area contributed by atoms with Crippen LogP contribution in [0, 0.1) is 11.3 Å². The van der Waals surface area contributed by atoms with Gasteiger partial charge in [-0.3, -0.25) is 4.79 Å². The first-order valence-electron chi connectivity index (χ1n) is 6.63. The molecule has 0 saturated heterocycles. The van der Waals surface area contributed by atoms with Crippen LogP contribution in [-0.2, 0) is 9.53 Å². The van der Waals surface area contributed by atoms with Gasteiger partial charge in [-0.2, -0.15) is 0 Å². The van der Waals surface area contributed by atoms with Crippen molar-refractivity contribution in [3.05, 3.63) is 0 Å². The molecule has 0 aromatic heterocycles. The van der Waals surface area contributed by atoms with Gasteiger partial charge in [0.05, 0.1) is 7.11 Å². The molecule has 0 aromatic carbocycles. The predicted octanol–water partition coefficient (Wildman–Crippen LogP) is 3.94. The van der Waals surface area contributed by atoms with Crippen molar-refractivity contribution in [2.75, 3.05) is 7.11 Å². The van der Waals surface area contributed by atoms with Crippen LogP contribution in [0.4, 0.5) is 0 Å². The van der Waals surface area contributed by atoms with E-state index in [1.54, 1.807) is 0 Å². The molecular weight excluding hydrogens is 200 g/mol. The maximum atomic E-state index is 10.8. The molecule has 1 saturated carbocycles. The molecule has 0 radical (unpaired) electrons. The number of ether oxygens (including phenoxy) is 1. The monoisotopic (exact) mass is 226 g/mol. The summed E-state index contributed by atoms with van der Waals surface area (Å²) in [6.07, 6.45) is 9.54. The molecule has 2 heteroatoms. The van der Waals surface area contributed by atoms with Crippen molar-refractivity contribution in [2.45, 2.75) is 65.2 Å². The Balaban J connectivity index is 1.80. The van der Waals surface area contributed by atoms with Crippen molar-refractivity contribution in [1.82, 2.24) is 0 Å². The average Bonchev–Trinajstić information content (AvgIpc) is 2.84. The van der Waals surface area contributed by atoms with Gasteiger partial charge >= 0.3 is 5.97 Å². The Morgan fingerprint density at radius 3 is 2.31 bits per heavy atom. The third-order valence-electron chi connectivity index (χ3n) is 3.88. The van der Waals surface area contributed by atoms with Gasteiger partial charge in [-0.05, 0) is 30.6 Å². The van der Waals surface area contributed by atoms with E-state index in [1.807, 2.05) is 0 Å². The molecule has 16 heavy (non-hydrogen) atoms. The fourth-order valence-corrected chi connectivity index (χ4v) is 2.36. The summed E-state index contributed by atoms with van der Waals surface area (Å²) in [5, 5.41) is 0. The number of esters is 1. The Hall–Kier alpha value is -0.530. The Morgan fingerprint density at radius 2 is 1.75 bits per heavy atom. The Kier molecular flexibility index (Phi) is 5.30. The minimum atomic E-state index is -0.0697. The lowest BCUT2D eigenvalue weighted by atomic mass is 10.0. The van der Waals surface area contributed by atoms with Crippen LogP contribution in [0.5, 0.6) is 0 Å². The molecular formula is C14H26O2. The van der Waals surface area contributed by atoms with Crippen LogP contribution in [0.1, 0.15) is 65.2 Å². The molecule has 0 bridgehead atoms. The Morgan fingerprint density at radius 1 is 1.19 bits per heavy atom. The fraction of sp³-hybridized carbons (Fsp3) is 0.929. The van der Waals surface area contributed by atoms with Gasteiger partial charge in [-0.15, -0.1) is 0 Å². The lowest BCUT2D eigenvalue weighted by molar-refractivity contribution is -0.140. The number of rotatable bonds is 8. The van der Waals surface area contributed by atoms with Crippen LogP contribution in [0.15, 0.2) is 0 Å². The van der Waals surface area contributed by atoms with Crippen molar-refractivity contribution >= 4 is 5.97 Å². The molecule has 1 aliphatic carbocycles. The van der Waals surface area contributed by atoms with Crippen LogP contribution < -0.4 is 0 Å². The van der Waals surface area contributed by atoms with E-state index in [9.17, 15) is 4.79 Å². The van der Waals surface area contributed by atoms with Gasteiger partial charge in [0.1, 0.15) is 0 Å². The second-order valence-electron chi connectivity index (χ2n) is 5.77. The molecule has 0 spiro atoms. The van der Waals surface area contributed by atoms with Crippen molar-refractivity contribution in [1.29, 1.82) is 0 Å². The third-order valence-corrected chi connectivity index (χ3v) is 3.88. The molecule has 0 N–H and O–H groups in total. The molecule has 0 amide bonds. The van der Waals surface area contributed by atoms with Gasteiger partial charge in [0, 0.05) is 6.42 Å². The Bertz CT molecular complexity index is 221. The van der Waals surface area contributed by atoms with E-state index in [0.717, 1.165) is 12.3 Å². The highest BCUT2D eigenvalue weighted by molar-refractivity contribution is 5.68. The second-order valence-corrected chi connectivity index (χ2v) is 5.77. The predicted molar refractivity (Wildman–Crippen MR) is 66.2 cm³/mol. The molecule has 1 aliphatic rings. The van der Waals surface area contributed by atoms with Crippen molar-refractivity contribution in [3.8, 4) is 0 Å². The molecule has 1 rings (SSSR count). The highest BCUT2D eigenvalue weighted by atomic mass is 16.5. The van der Waals surface area contributed by atoms with Crippen LogP contribution in [0.25, 0.3) is 0 Å². The van der Waals surface area contributed by atoms with Gasteiger partial charge in [0.2, 0.25) is 0 Å². The molecule has 0 aliphatic heterocycles. The second kappa shape index (κ2) is 6.27. The van der Waals surface area contributed by atoms with Gasteiger partial charge in [-0.1, -0.05) is 39.5 Å². The van der Waals surface area contributed by atoms with Crippen molar-refractivity contribution in [3.63, 3.8) is 0 Å². The molecule has 2 nitrogen and oxygen atoms in total. The fourth-order valence-electron chi connectivity index (χ4n) is 2.36. The highest BCUT2D eigenvalue weighted by Gasteiger charge is 2.44. The molecule has 1 unspecified atom stereocenters. The number of carbonyl (C=O) groups excluding carboxylic acids is 1. The van der Waals surface area contributed by atoms with E-state index in [4.69, 9.17) is 0 Å². The van der Waals surface area contributed by atoms with Gasteiger partial charge in [0.15, 0.2) is 0 Å². The van der Waals surface area contributed by atoms with E-state index >= 15 is 0 Å². The minimum Gasteiger partial charge on any atom is -0.469 e. The van der Waals surface area contributed by atoms with Crippen LogP contribution >= 0.6 is 0 Å². The average molecular weight is 226 g/mol. The maximum absolute atomic E-state index is 10.8. The summed E-state index contributed by atoms with van der Waals surface area (Å²) in [4.78, 5) is 10.8. The van der Waals surface area contributed by atoms with Gasteiger partial charge in [0.25, 0.3) is 0 Å².